The van der Waals surface area contributed by atoms with Gasteiger partial charge in [0.2, 0.25) is 0 Å². The average Bonchev–Trinajstić information content (AvgIpc) is 2.64. The number of hydrogen-bond acceptors (Lipinski definition) is 0. The Bertz CT molecular complexity index is 116. The minimum Gasteiger partial charge on any atom is -0.0625 e. The van der Waals surface area contributed by atoms with E-state index >= 15 is 0 Å². The average molecular weight is 224 g/mol. The Labute approximate surface area is 103 Å². The van der Waals surface area contributed by atoms with Crippen molar-refractivity contribution in [3.8, 4) is 0 Å². The summed E-state index contributed by atoms with van der Waals surface area (Å²) in [5.74, 6) is 2.05. The molecule has 0 saturated heterocycles. The van der Waals surface area contributed by atoms with Crippen molar-refractivity contribution in [1.82, 2.24) is 0 Å². The Morgan fingerprint density at radius 1 is 0.438 bits per heavy atom. The quantitative estimate of drug-likeness (QED) is 0.446. The molecule has 0 N–H and O–H groups in total. The zero-order chi connectivity index (χ0) is 11.6. The molecule has 0 heteroatoms. The molecule has 0 unspecified atom stereocenters. The first-order valence-corrected chi connectivity index (χ1v) is 7.79. The third-order valence-corrected chi connectivity index (χ3v) is 4.29. The van der Waals surface area contributed by atoms with Gasteiger partial charge in [-0.3, -0.25) is 0 Å². The molecule has 0 nitrogen and oxygen atoms in total. The minimum absolute atomic E-state index is 1.03. The first-order chi connectivity index (χ1) is 7.79. The summed E-state index contributed by atoms with van der Waals surface area (Å²) >= 11 is 0. The van der Waals surface area contributed by atoms with E-state index in [1.807, 2.05) is 0 Å². The molecule has 0 aromatic carbocycles. The first-order valence-electron chi connectivity index (χ1n) is 7.79. The van der Waals surface area contributed by atoms with Gasteiger partial charge in [0, 0.05) is 0 Å². The van der Waals surface area contributed by atoms with E-state index in [0.717, 1.165) is 11.8 Å². The standard InChI is InChI=1S/2C8H16/c2*1-8-6-4-2-3-5-7-8/h2*8H,2-7H2,1H3. The Kier molecular flexibility index (Phi) is 7.98. The molecule has 0 aliphatic heterocycles. The third-order valence-electron chi connectivity index (χ3n) is 4.29. The maximum absolute atomic E-state index is 2.38. The van der Waals surface area contributed by atoms with Gasteiger partial charge in [-0.15, -0.1) is 0 Å². The van der Waals surface area contributed by atoms with Gasteiger partial charge in [-0.25, -0.2) is 0 Å². The summed E-state index contributed by atoms with van der Waals surface area (Å²) in [4.78, 5) is 0. The van der Waals surface area contributed by atoms with Crippen molar-refractivity contribution in [2.45, 2.75) is 90.9 Å². The van der Waals surface area contributed by atoms with Crippen LogP contribution in [0.4, 0.5) is 0 Å². The second-order valence-electron chi connectivity index (χ2n) is 6.19. The summed E-state index contributed by atoms with van der Waals surface area (Å²) in [6.07, 6.45) is 17.9. The molecule has 96 valence electrons. The molecule has 2 aliphatic carbocycles. The zero-order valence-electron chi connectivity index (χ0n) is 11.6. The Morgan fingerprint density at radius 3 is 0.938 bits per heavy atom. The predicted molar refractivity (Wildman–Crippen MR) is 73.7 cm³/mol. The van der Waals surface area contributed by atoms with Crippen LogP contribution in [0.2, 0.25) is 0 Å². The van der Waals surface area contributed by atoms with Crippen LogP contribution in [0.25, 0.3) is 0 Å². The summed E-state index contributed by atoms with van der Waals surface area (Å²) in [6, 6.07) is 0. The predicted octanol–water partition coefficient (Wildman–Crippen LogP) is 5.95. The SMILES string of the molecule is CC1CCCCCC1.CC1CCCCCC1. The van der Waals surface area contributed by atoms with E-state index in [9.17, 15) is 0 Å². The van der Waals surface area contributed by atoms with Crippen molar-refractivity contribution in [2.75, 3.05) is 0 Å². The van der Waals surface area contributed by atoms with Crippen LogP contribution < -0.4 is 0 Å². The van der Waals surface area contributed by atoms with Gasteiger partial charge in [0.05, 0.1) is 0 Å². The molecule has 0 bridgehead atoms. The van der Waals surface area contributed by atoms with Gasteiger partial charge in [-0.05, 0) is 11.8 Å². The third kappa shape index (κ3) is 7.30. The lowest BCUT2D eigenvalue weighted by atomic mass is 10.0. The summed E-state index contributed by atoms with van der Waals surface area (Å²) in [6.45, 7) is 4.76. The van der Waals surface area contributed by atoms with Gasteiger partial charge in [0.15, 0.2) is 0 Å². The highest BCUT2D eigenvalue weighted by Gasteiger charge is 2.05. The largest absolute Gasteiger partial charge is 0.0625 e. The molecule has 2 aliphatic rings. The van der Waals surface area contributed by atoms with Gasteiger partial charge in [0.1, 0.15) is 0 Å². The summed E-state index contributed by atoms with van der Waals surface area (Å²) in [5.41, 5.74) is 0. The molecule has 0 aromatic rings. The number of hydrogen-bond donors (Lipinski definition) is 0. The molecule has 0 spiro atoms. The Morgan fingerprint density at radius 2 is 0.688 bits per heavy atom. The van der Waals surface area contributed by atoms with Gasteiger partial charge in [-0.2, -0.15) is 0 Å². The lowest BCUT2D eigenvalue weighted by Crippen LogP contribution is -1.88. The molecule has 2 fully saturated rings. The fraction of sp³-hybridized carbons (Fsp3) is 1.00. The van der Waals surface area contributed by atoms with Gasteiger partial charge in [-0.1, -0.05) is 90.9 Å². The van der Waals surface area contributed by atoms with Crippen molar-refractivity contribution in [1.29, 1.82) is 0 Å². The van der Waals surface area contributed by atoms with E-state index in [1.165, 1.54) is 77.0 Å². The topological polar surface area (TPSA) is 0 Å². The fourth-order valence-corrected chi connectivity index (χ4v) is 2.97. The summed E-state index contributed by atoms with van der Waals surface area (Å²) in [5, 5.41) is 0. The lowest BCUT2D eigenvalue weighted by Gasteiger charge is -2.02. The highest BCUT2D eigenvalue weighted by Crippen LogP contribution is 2.22. The van der Waals surface area contributed by atoms with Gasteiger partial charge >= 0.3 is 0 Å². The maximum atomic E-state index is 2.38. The smallest absolute Gasteiger partial charge is 0.0443 e. The van der Waals surface area contributed by atoms with Crippen LogP contribution in [0.15, 0.2) is 0 Å². The Balaban J connectivity index is 0.000000160. The first kappa shape index (κ1) is 14.1. The zero-order valence-corrected chi connectivity index (χ0v) is 11.6. The summed E-state index contributed by atoms with van der Waals surface area (Å²) in [7, 11) is 0. The van der Waals surface area contributed by atoms with Crippen LogP contribution in [0.3, 0.4) is 0 Å². The van der Waals surface area contributed by atoms with Gasteiger partial charge in [0.25, 0.3) is 0 Å². The fourth-order valence-electron chi connectivity index (χ4n) is 2.97. The van der Waals surface area contributed by atoms with E-state index in [-0.39, 0.29) is 0 Å². The normalized spacial score (nSPS) is 25.1. The van der Waals surface area contributed by atoms with E-state index < -0.39 is 0 Å². The van der Waals surface area contributed by atoms with E-state index in [1.54, 1.807) is 0 Å². The van der Waals surface area contributed by atoms with Crippen LogP contribution >= 0.6 is 0 Å². The van der Waals surface area contributed by atoms with Crippen LogP contribution in [0.5, 0.6) is 0 Å². The van der Waals surface area contributed by atoms with Crippen molar-refractivity contribution in [2.24, 2.45) is 11.8 Å². The summed E-state index contributed by atoms with van der Waals surface area (Å²) < 4.78 is 0. The van der Waals surface area contributed by atoms with Crippen LogP contribution in [0.1, 0.15) is 90.9 Å². The van der Waals surface area contributed by atoms with Gasteiger partial charge < -0.3 is 0 Å². The van der Waals surface area contributed by atoms with Crippen molar-refractivity contribution >= 4 is 0 Å². The molecular formula is C16H32. The maximum Gasteiger partial charge on any atom is -0.0443 e. The second-order valence-corrected chi connectivity index (χ2v) is 6.19. The van der Waals surface area contributed by atoms with E-state index in [4.69, 9.17) is 0 Å². The van der Waals surface area contributed by atoms with Crippen LogP contribution in [0, 0.1) is 11.8 Å². The molecule has 0 radical (unpaired) electrons. The monoisotopic (exact) mass is 224 g/mol. The second kappa shape index (κ2) is 9.07. The molecule has 16 heavy (non-hydrogen) atoms. The molecule has 2 saturated carbocycles. The number of rotatable bonds is 0. The molecule has 0 amide bonds. The van der Waals surface area contributed by atoms with E-state index in [0.29, 0.717) is 0 Å². The molecule has 2 rings (SSSR count). The highest BCUT2D eigenvalue weighted by atomic mass is 14.1. The van der Waals surface area contributed by atoms with Crippen LogP contribution in [-0.4, -0.2) is 0 Å². The van der Waals surface area contributed by atoms with Crippen LogP contribution in [-0.2, 0) is 0 Å². The minimum atomic E-state index is 1.03. The lowest BCUT2D eigenvalue weighted by molar-refractivity contribution is 0.505. The molecular weight excluding hydrogens is 192 g/mol. The molecule has 0 aromatic heterocycles. The Hall–Kier alpha value is 0. The van der Waals surface area contributed by atoms with E-state index in [2.05, 4.69) is 13.8 Å². The van der Waals surface area contributed by atoms with Crippen molar-refractivity contribution < 1.29 is 0 Å². The molecule has 0 heterocycles. The van der Waals surface area contributed by atoms with Crippen molar-refractivity contribution in [3.05, 3.63) is 0 Å². The van der Waals surface area contributed by atoms with Crippen molar-refractivity contribution in [3.63, 3.8) is 0 Å². The highest BCUT2D eigenvalue weighted by molar-refractivity contribution is 4.59. The molecule has 0 atom stereocenters.